The van der Waals surface area contributed by atoms with Gasteiger partial charge < -0.3 is 40.0 Å². The van der Waals surface area contributed by atoms with E-state index < -0.39 is 76.7 Å². The first-order valence-electron chi connectivity index (χ1n) is 20.0. The van der Waals surface area contributed by atoms with Crippen LogP contribution in [0.1, 0.15) is 90.6 Å². The molecule has 0 saturated heterocycles. The highest BCUT2D eigenvalue weighted by Gasteiger charge is 2.40. The molecule has 1 heterocycles. The summed E-state index contributed by atoms with van der Waals surface area (Å²) < 4.78 is 17.5. The maximum atomic E-state index is 14.2. The van der Waals surface area contributed by atoms with Crippen molar-refractivity contribution in [2.24, 2.45) is 0 Å². The second-order valence-electron chi connectivity index (χ2n) is 17.0. The third kappa shape index (κ3) is 13.2. The summed E-state index contributed by atoms with van der Waals surface area (Å²) in [5, 5.41) is 10.4. The number of carbonyl (C=O) groups is 6. The van der Waals surface area contributed by atoms with Gasteiger partial charge in [0.1, 0.15) is 40.9 Å². The summed E-state index contributed by atoms with van der Waals surface area (Å²) in [4.78, 5) is 83.5. The molecule has 0 fully saturated rings. The van der Waals surface area contributed by atoms with Crippen LogP contribution in [-0.4, -0.2) is 87.8 Å². The van der Waals surface area contributed by atoms with Gasteiger partial charge in [0.15, 0.2) is 0 Å². The number of carbonyl (C=O) groups excluding carboxylic acids is 6. The first-order valence-corrected chi connectivity index (χ1v) is 20.0. The normalized spacial score (nSPS) is 12.9. The molecule has 0 aliphatic heterocycles. The van der Waals surface area contributed by atoms with Gasteiger partial charge in [-0.15, -0.1) is 0 Å². The van der Waals surface area contributed by atoms with Gasteiger partial charge >= 0.3 is 18.0 Å². The van der Waals surface area contributed by atoms with Gasteiger partial charge in [0.05, 0.1) is 19.1 Å². The van der Waals surface area contributed by atoms with E-state index in [1.54, 1.807) is 47.9 Å². The Labute approximate surface area is 357 Å². The van der Waals surface area contributed by atoms with Crippen molar-refractivity contribution < 1.29 is 43.0 Å². The second-order valence-corrected chi connectivity index (χ2v) is 17.0. The molecular weight excluding hydrogens is 781 g/mol. The molecule has 0 radical (unpaired) electrons. The van der Waals surface area contributed by atoms with Gasteiger partial charge in [-0.3, -0.25) is 24.0 Å². The van der Waals surface area contributed by atoms with Crippen LogP contribution in [0.3, 0.4) is 0 Å². The topological polar surface area (TPSA) is 196 Å². The van der Waals surface area contributed by atoms with Crippen LogP contribution in [0.25, 0.3) is 0 Å². The summed E-state index contributed by atoms with van der Waals surface area (Å²) in [7, 11) is 1.16. The lowest BCUT2D eigenvalue weighted by atomic mass is 9.77. The van der Waals surface area contributed by atoms with Crippen molar-refractivity contribution in [2.45, 2.75) is 109 Å². The Morgan fingerprint density at radius 1 is 0.656 bits per heavy atom. The molecular formula is C46H58N6O9. The predicted molar refractivity (Wildman–Crippen MR) is 228 cm³/mol. The summed E-state index contributed by atoms with van der Waals surface area (Å²) in [6.45, 7) is 12.5. The average molecular weight is 839 g/mol. The average Bonchev–Trinajstić information content (AvgIpc) is 3.66. The molecule has 2 atom stereocenters. The van der Waals surface area contributed by atoms with E-state index in [0.717, 1.165) is 23.8 Å². The number of alkyl carbamates (subject to hydrolysis) is 1. The summed E-state index contributed by atoms with van der Waals surface area (Å²) in [5.74, 6) is -3.63. The summed E-state index contributed by atoms with van der Waals surface area (Å²) in [6.07, 6.45) is 2.11. The van der Waals surface area contributed by atoms with E-state index >= 15 is 0 Å². The number of nitrogens with zero attached hydrogens (tertiary/aromatic N) is 2. The maximum absolute atomic E-state index is 14.2. The van der Waals surface area contributed by atoms with Crippen LogP contribution >= 0.6 is 0 Å². The zero-order valence-electron chi connectivity index (χ0n) is 36.4. The highest BCUT2D eigenvalue weighted by molar-refractivity contribution is 5.96. The van der Waals surface area contributed by atoms with E-state index in [4.69, 9.17) is 14.5 Å². The number of hydrogen-bond donors (Lipinski definition) is 4. The molecule has 15 heteroatoms. The van der Waals surface area contributed by atoms with Crippen molar-refractivity contribution in [1.29, 1.82) is 0 Å². The molecule has 0 spiro atoms. The van der Waals surface area contributed by atoms with Gasteiger partial charge in [-0.1, -0.05) is 91.0 Å². The molecule has 4 amide bonds. The van der Waals surface area contributed by atoms with E-state index in [2.05, 4.69) is 26.0 Å². The largest absolute Gasteiger partial charge is 0.468 e. The van der Waals surface area contributed by atoms with Crippen LogP contribution in [-0.2, 0) is 50.1 Å². The molecule has 61 heavy (non-hydrogen) atoms. The van der Waals surface area contributed by atoms with E-state index in [1.807, 2.05) is 102 Å². The van der Waals surface area contributed by atoms with Crippen molar-refractivity contribution in [3.8, 4) is 0 Å². The second kappa shape index (κ2) is 20.2. The number of hydrogen-bond acceptors (Lipinski definition) is 10. The Bertz CT molecular complexity index is 2030. The number of methoxy groups -OCH3 is 1. The molecule has 0 saturated carbocycles. The van der Waals surface area contributed by atoms with Crippen LogP contribution in [0.15, 0.2) is 104 Å². The molecule has 4 N–H and O–H groups in total. The van der Waals surface area contributed by atoms with E-state index in [9.17, 15) is 28.8 Å². The third-order valence-corrected chi connectivity index (χ3v) is 9.34. The minimum absolute atomic E-state index is 0.112. The molecule has 1 aromatic heterocycles. The first kappa shape index (κ1) is 47.2. The Hall–Kier alpha value is -6.51. The Morgan fingerprint density at radius 2 is 1.16 bits per heavy atom. The minimum atomic E-state index is -1.68. The number of rotatable bonds is 17. The summed E-state index contributed by atoms with van der Waals surface area (Å²) >= 11 is 0. The lowest BCUT2D eigenvalue weighted by molar-refractivity contribution is -0.155. The predicted octanol–water partition coefficient (Wildman–Crippen LogP) is 4.95. The quantitative estimate of drug-likeness (QED) is 0.0642. The highest BCUT2D eigenvalue weighted by atomic mass is 16.6. The molecule has 15 nitrogen and oxygen atoms in total. The number of esters is 2. The minimum Gasteiger partial charge on any atom is -0.468 e. The Kier molecular flexibility index (Phi) is 15.6. The fraction of sp³-hybridized carbons (Fsp3) is 0.413. The van der Waals surface area contributed by atoms with Gasteiger partial charge in [-0.2, -0.15) is 0 Å². The molecule has 4 aromatic rings. The lowest BCUT2D eigenvalue weighted by Crippen LogP contribution is -2.62. The number of ether oxygens (including phenoxy) is 3. The number of nitrogens with one attached hydrogen (secondary N) is 4. The van der Waals surface area contributed by atoms with E-state index in [0.29, 0.717) is 5.69 Å². The van der Waals surface area contributed by atoms with Crippen LogP contribution < -0.4 is 21.3 Å². The van der Waals surface area contributed by atoms with Crippen LogP contribution in [0, 0.1) is 0 Å². The molecule has 4 rings (SSSR count). The third-order valence-electron chi connectivity index (χ3n) is 9.34. The first-order chi connectivity index (χ1) is 28.6. The summed E-state index contributed by atoms with van der Waals surface area (Å²) in [5.41, 5.74) is -0.957. The molecule has 0 aliphatic rings. The van der Waals surface area contributed by atoms with Crippen molar-refractivity contribution in [3.05, 3.63) is 126 Å². The molecule has 0 unspecified atom stereocenters. The van der Waals surface area contributed by atoms with Crippen LogP contribution in [0.5, 0.6) is 0 Å². The smallest absolute Gasteiger partial charge is 0.408 e. The lowest BCUT2D eigenvalue weighted by Gasteiger charge is -2.37. The zero-order valence-corrected chi connectivity index (χ0v) is 36.4. The molecule has 0 aliphatic carbocycles. The van der Waals surface area contributed by atoms with Crippen molar-refractivity contribution in [2.75, 3.05) is 13.7 Å². The number of amides is 4. The maximum Gasteiger partial charge on any atom is 0.408 e. The van der Waals surface area contributed by atoms with E-state index in [1.165, 1.54) is 13.8 Å². The molecule has 3 aromatic carbocycles. The number of aromatic nitrogens is 2. The fourth-order valence-electron chi connectivity index (χ4n) is 6.57. The van der Waals surface area contributed by atoms with E-state index in [-0.39, 0.29) is 19.3 Å². The highest BCUT2D eigenvalue weighted by Crippen LogP contribution is 2.40. The van der Waals surface area contributed by atoms with Gasteiger partial charge in [0.25, 0.3) is 0 Å². The van der Waals surface area contributed by atoms with Crippen molar-refractivity contribution in [3.63, 3.8) is 0 Å². The van der Waals surface area contributed by atoms with Gasteiger partial charge in [0.2, 0.25) is 17.7 Å². The van der Waals surface area contributed by atoms with Crippen molar-refractivity contribution >= 4 is 35.8 Å². The monoisotopic (exact) mass is 838 g/mol. The molecule has 326 valence electrons. The number of imidazole rings is 1. The summed E-state index contributed by atoms with van der Waals surface area (Å²) in [6, 6.07) is 27.3. The Morgan fingerprint density at radius 3 is 1.64 bits per heavy atom. The SMILES string of the molecule is COC(=O)CNC(=O)[C@H](CCC(=O)OC(C)(C)C)NC(=O)C(C)(C)NC(=O)[C@H](Cc1cn(C(c2ccccc2)(c2ccccc2)c2ccccc2)cn1)NC(=O)OC(C)(C)C. The molecule has 0 bridgehead atoms. The standard InChI is InChI=1S/C46H58N6O9/c1-43(2,3)60-37(53)26-25-35(39(55)47-28-38(54)59-9)49-41(57)45(7,8)51-40(56)36(50-42(58)61-44(4,5)6)27-34-29-52(30-48-34)46(31-19-13-10-14-20-31,32-21-15-11-16-22-32)33-23-17-12-18-24-33/h10-24,29-30,35-36H,25-28H2,1-9H3,(H,47,55)(H,49,57)(H,50,58)(H,51,56)/t35-,36-/m0/s1. The zero-order chi connectivity index (χ0) is 45.0. The fourth-order valence-corrected chi connectivity index (χ4v) is 6.57. The van der Waals surface area contributed by atoms with Crippen LogP contribution in [0.2, 0.25) is 0 Å². The van der Waals surface area contributed by atoms with Gasteiger partial charge in [-0.25, -0.2) is 9.78 Å². The van der Waals surface area contributed by atoms with Crippen LogP contribution in [0.4, 0.5) is 4.79 Å². The number of benzene rings is 3. The van der Waals surface area contributed by atoms with Gasteiger partial charge in [-0.05, 0) is 78.5 Å². The van der Waals surface area contributed by atoms with Crippen molar-refractivity contribution in [1.82, 2.24) is 30.8 Å². The van der Waals surface area contributed by atoms with Gasteiger partial charge in [0, 0.05) is 19.0 Å². The Balaban J connectivity index is 1.66.